The molecular formula is C15H13BrClNO2. The molecule has 104 valence electrons. The summed E-state index contributed by atoms with van der Waals surface area (Å²) < 4.78 is 5.44. The number of rotatable bonds is 2. The molecule has 2 heterocycles. The van der Waals surface area contributed by atoms with E-state index in [0.29, 0.717) is 11.6 Å². The molecule has 1 amide bonds. The number of fused-ring (bicyclic) bond motifs is 1. The highest BCUT2D eigenvalue weighted by Crippen LogP contribution is 2.36. The van der Waals surface area contributed by atoms with Crippen LogP contribution in [0.25, 0.3) is 0 Å². The van der Waals surface area contributed by atoms with Gasteiger partial charge in [0.15, 0.2) is 5.22 Å². The summed E-state index contributed by atoms with van der Waals surface area (Å²) in [6.07, 6.45) is 1.34. The van der Waals surface area contributed by atoms with Crippen LogP contribution >= 0.6 is 27.5 Å². The van der Waals surface area contributed by atoms with Crippen LogP contribution in [-0.4, -0.2) is 13.0 Å². The first-order valence-electron chi connectivity index (χ1n) is 6.35. The summed E-state index contributed by atoms with van der Waals surface area (Å²) in [4.78, 5) is 13.4. The molecule has 3 nitrogen and oxygen atoms in total. The molecular weight excluding hydrogens is 342 g/mol. The van der Waals surface area contributed by atoms with Crippen molar-refractivity contribution in [3.8, 4) is 0 Å². The number of amides is 1. The Balaban J connectivity index is 1.95. The molecule has 0 N–H and O–H groups in total. The largest absolute Gasteiger partial charge is 0.448 e. The molecule has 0 bridgehead atoms. The van der Waals surface area contributed by atoms with Crippen molar-refractivity contribution in [1.82, 2.24) is 0 Å². The summed E-state index contributed by atoms with van der Waals surface area (Å²) in [5, 5.41) is 0.382. The highest BCUT2D eigenvalue weighted by molar-refractivity contribution is 9.09. The third kappa shape index (κ3) is 2.38. The van der Waals surface area contributed by atoms with Gasteiger partial charge >= 0.3 is 0 Å². The maximum absolute atomic E-state index is 11.7. The summed E-state index contributed by atoms with van der Waals surface area (Å²) in [5.41, 5.74) is 3.27. The van der Waals surface area contributed by atoms with Crippen LogP contribution in [0.2, 0.25) is 5.22 Å². The molecule has 1 aliphatic heterocycles. The predicted octanol–water partition coefficient (Wildman–Crippen LogP) is 4.33. The summed E-state index contributed by atoms with van der Waals surface area (Å²) in [7, 11) is 1.82. The fraction of sp³-hybridized carbons (Fsp3) is 0.267. The van der Waals surface area contributed by atoms with Crippen LogP contribution in [0.4, 0.5) is 5.69 Å². The fourth-order valence-electron chi connectivity index (χ4n) is 2.46. The highest BCUT2D eigenvalue weighted by atomic mass is 79.9. The van der Waals surface area contributed by atoms with Gasteiger partial charge in [0, 0.05) is 19.2 Å². The van der Waals surface area contributed by atoms with Crippen molar-refractivity contribution in [2.75, 3.05) is 11.9 Å². The first-order valence-corrected chi connectivity index (χ1v) is 7.64. The zero-order chi connectivity index (χ0) is 14.3. The second kappa shape index (κ2) is 5.26. The first-order chi connectivity index (χ1) is 9.56. The van der Waals surface area contributed by atoms with Crippen molar-refractivity contribution in [3.05, 3.63) is 52.4 Å². The number of nitrogens with zero attached hydrogens (tertiary/aromatic N) is 1. The minimum atomic E-state index is -0.0387. The minimum absolute atomic E-state index is 0.0387. The Morgan fingerprint density at radius 3 is 2.80 bits per heavy atom. The summed E-state index contributed by atoms with van der Waals surface area (Å²) in [6, 6.07) is 9.70. The summed E-state index contributed by atoms with van der Waals surface area (Å²) >= 11 is 9.44. The lowest BCUT2D eigenvalue weighted by atomic mass is 9.97. The van der Waals surface area contributed by atoms with Gasteiger partial charge < -0.3 is 9.32 Å². The standard InChI is InChI=1S/C15H13BrClNO2/c1-18-11-4-2-10(8-9(11)3-7-14(18)19)15(16)12-5-6-13(17)20-12/h2,4-6,8,15H,3,7H2,1H3. The number of alkyl halides is 1. The van der Waals surface area contributed by atoms with Gasteiger partial charge in [0.25, 0.3) is 0 Å². The molecule has 1 aromatic carbocycles. The Morgan fingerprint density at radius 2 is 2.10 bits per heavy atom. The average molecular weight is 355 g/mol. The molecule has 1 aromatic heterocycles. The molecule has 0 saturated carbocycles. The molecule has 1 aliphatic rings. The van der Waals surface area contributed by atoms with Crippen LogP contribution in [0.15, 0.2) is 34.7 Å². The Morgan fingerprint density at radius 1 is 1.30 bits per heavy atom. The molecule has 0 aliphatic carbocycles. The lowest BCUT2D eigenvalue weighted by Crippen LogP contribution is -2.31. The highest BCUT2D eigenvalue weighted by Gasteiger charge is 2.22. The SMILES string of the molecule is CN1C(=O)CCc2cc(C(Br)c3ccc(Cl)o3)ccc21. The van der Waals surface area contributed by atoms with E-state index in [9.17, 15) is 4.79 Å². The quantitative estimate of drug-likeness (QED) is 0.752. The van der Waals surface area contributed by atoms with E-state index in [1.807, 2.05) is 25.2 Å². The number of furan rings is 1. The molecule has 5 heteroatoms. The number of carbonyl (C=O) groups excluding carboxylic acids is 1. The van der Waals surface area contributed by atoms with Gasteiger partial charge in [-0.15, -0.1) is 0 Å². The van der Waals surface area contributed by atoms with Crippen molar-refractivity contribution < 1.29 is 9.21 Å². The van der Waals surface area contributed by atoms with Gasteiger partial charge in [0.2, 0.25) is 5.91 Å². The normalized spacial score (nSPS) is 16.1. The van der Waals surface area contributed by atoms with Gasteiger partial charge in [-0.05, 0) is 47.3 Å². The maximum atomic E-state index is 11.7. The van der Waals surface area contributed by atoms with Crippen LogP contribution in [0.3, 0.4) is 0 Å². The van der Waals surface area contributed by atoms with E-state index in [-0.39, 0.29) is 10.7 Å². The van der Waals surface area contributed by atoms with E-state index in [0.717, 1.165) is 23.4 Å². The molecule has 2 aromatic rings. The molecule has 1 unspecified atom stereocenters. The molecule has 3 rings (SSSR count). The van der Waals surface area contributed by atoms with E-state index in [1.54, 1.807) is 11.0 Å². The lowest BCUT2D eigenvalue weighted by Gasteiger charge is -2.26. The topological polar surface area (TPSA) is 33.5 Å². The van der Waals surface area contributed by atoms with Crippen LogP contribution < -0.4 is 4.90 Å². The molecule has 0 fully saturated rings. The van der Waals surface area contributed by atoms with Crippen molar-refractivity contribution in [2.45, 2.75) is 17.7 Å². The predicted molar refractivity (Wildman–Crippen MR) is 82.7 cm³/mol. The zero-order valence-corrected chi connectivity index (χ0v) is 13.2. The van der Waals surface area contributed by atoms with Crippen LogP contribution in [-0.2, 0) is 11.2 Å². The van der Waals surface area contributed by atoms with E-state index in [4.69, 9.17) is 16.0 Å². The van der Waals surface area contributed by atoms with Gasteiger partial charge in [0.05, 0.1) is 4.83 Å². The number of benzene rings is 1. The van der Waals surface area contributed by atoms with Gasteiger partial charge in [-0.2, -0.15) is 0 Å². The average Bonchev–Trinajstić information content (AvgIpc) is 2.88. The third-order valence-electron chi connectivity index (χ3n) is 3.58. The second-order valence-corrected chi connectivity index (χ2v) is 6.13. The third-order valence-corrected chi connectivity index (χ3v) is 4.77. The number of aryl methyl sites for hydroxylation is 1. The molecule has 0 saturated heterocycles. The smallest absolute Gasteiger partial charge is 0.227 e. The van der Waals surface area contributed by atoms with Gasteiger partial charge in [-0.3, -0.25) is 4.79 Å². The van der Waals surface area contributed by atoms with E-state index >= 15 is 0 Å². The van der Waals surface area contributed by atoms with Crippen molar-refractivity contribution in [3.63, 3.8) is 0 Å². The number of hydrogen-bond donors (Lipinski definition) is 0. The number of anilines is 1. The Hall–Kier alpha value is -1.26. The number of hydrogen-bond acceptors (Lipinski definition) is 2. The fourth-order valence-corrected chi connectivity index (χ4v) is 3.15. The van der Waals surface area contributed by atoms with Gasteiger partial charge in [-0.1, -0.05) is 28.1 Å². The van der Waals surface area contributed by atoms with Crippen molar-refractivity contribution in [2.24, 2.45) is 0 Å². The van der Waals surface area contributed by atoms with Crippen LogP contribution in [0.1, 0.15) is 28.1 Å². The minimum Gasteiger partial charge on any atom is -0.448 e. The van der Waals surface area contributed by atoms with Crippen LogP contribution in [0, 0.1) is 0 Å². The van der Waals surface area contributed by atoms with E-state index in [2.05, 4.69) is 22.0 Å². The lowest BCUT2D eigenvalue weighted by molar-refractivity contribution is -0.118. The number of carbonyl (C=O) groups is 1. The summed E-state index contributed by atoms with van der Waals surface area (Å²) in [5.74, 6) is 0.939. The van der Waals surface area contributed by atoms with Crippen molar-refractivity contribution >= 4 is 39.1 Å². The van der Waals surface area contributed by atoms with E-state index in [1.165, 1.54) is 5.56 Å². The zero-order valence-electron chi connectivity index (χ0n) is 10.9. The summed E-state index contributed by atoms with van der Waals surface area (Å²) in [6.45, 7) is 0. The Labute approximate surface area is 130 Å². The molecule has 0 radical (unpaired) electrons. The Bertz CT molecular complexity index is 668. The maximum Gasteiger partial charge on any atom is 0.227 e. The van der Waals surface area contributed by atoms with Crippen molar-refractivity contribution in [1.29, 1.82) is 0 Å². The Kier molecular flexibility index (Phi) is 3.61. The van der Waals surface area contributed by atoms with E-state index < -0.39 is 0 Å². The van der Waals surface area contributed by atoms with Gasteiger partial charge in [0.1, 0.15) is 5.76 Å². The van der Waals surface area contributed by atoms with Gasteiger partial charge in [-0.25, -0.2) is 0 Å². The monoisotopic (exact) mass is 353 g/mol. The van der Waals surface area contributed by atoms with Crippen LogP contribution in [0.5, 0.6) is 0 Å². The first kappa shape index (κ1) is 13.7. The molecule has 0 spiro atoms. The molecule has 1 atom stereocenters. The molecule has 20 heavy (non-hydrogen) atoms. The second-order valence-electron chi connectivity index (χ2n) is 4.85. The number of halogens is 2.